The highest BCUT2D eigenvalue weighted by atomic mass is 79.9. The number of hydrogen-bond acceptors (Lipinski definition) is 3. The summed E-state index contributed by atoms with van der Waals surface area (Å²) >= 11 is 9.68. The molecular formula is C13H15BrClN3O. The number of nitrogens with one attached hydrogen (secondary N) is 1. The van der Waals surface area contributed by atoms with Crippen molar-refractivity contribution in [2.24, 2.45) is 0 Å². The van der Waals surface area contributed by atoms with Crippen LogP contribution in [0, 0.1) is 0 Å². The lowest BCUT2D eigenvalue weighted by Crippen LogP contribution is -2.19. The van der Waals surface area contributed by atoms with Gasteiger partial charge in [-0.1, -0.05) is 23.7 Å². The maximum atomic E-state index is 6.28. The number of aromatic nitrogens is 2. The van der Waals surface area contributed by atoms with Crippen LogP contribution in [-0.4, -0.2) is 30.0 Å². The molecular weight excluding hydrogens is 330 g/mol. The molecule has 0 radical (unpaired) electrons. The zero-order valence-corrected chi connectivity index (χ0v) is 12.9. The van der Waals surface area contributed by atoms with Gasteiger partial charge in [0.1, 0.15) is 0 Å². The Morgan fingerprint density at radius 2 is 2.32 bits per heavy atom. The molecule has 0 unspecified atom stereocenters. The monoisotopic (exact) mass is 343 g/mol. The fourth-order valence-corrected chi connectivity index (χ4v) is 2.35. The molecule has 1 N–H and O–H groups in total. The smallest absolute Gasteiger partial charge is 0.0877 e. The number of benzene rings is 1. The Labute approximate surface area is 125 Å². The van der Waals surface area contributed by atoms with Crippen LogP contribution >= 0.6 is 27.5 Å². The molecule has 0 aliphatic carbocycles. The van der Waals surface area contributed by atoms with Crippen LogP contribution < -0.4 is 5.32 Å². The molecule has 0 saturated heterocycles. The molecule has 19 heavy (non-hydrogen) atoms. The van der Waals surface area contributed by atoms with Crippen LogP contribution in [0.15, 0.2) is 35.1 Å². The second-order valence-corrected chi connectivity index (χ2v) is 5.34. The van der Waals surface area contributed by atoms with E-state index in [2.05, 4.69) is 26.3 Å². The Morgan fingerprint density at radius 3 is 3.00 bits per heavy atom. The molecule has 0 aliphatic rings. The van der Waals surface area contributed by atoms with Crippen LogP contribution in [0.3, 0.4) is 0 Å². The molecule has 102 valence electrons. The Bertz CT molecular complexity index is 544. The van der Waals surface area contributed by atoms with E-state index in [4.69, 9.17) is 16.3 Å². The molecule has 2 rings (SSSR count). The van der Waals surface area contributed by atoms with Crippen LogP contribution in [0.5, 0.6) is 0 Å². The molecule has 0 atom stereocenters. The highest BCUT2D eigenvalue weighted by Crippen LogP contribution is 2.25. The number of halogens is 2. The van der Waals surface area contributed by atoms with Gasteiger partial charge in [-0.25, -0.2) is 4.68 Å². The summed E-state index contributed by atoms with van der Waals surface area (Å²) in [5.41, 5.74) is 2.00. The fourth-order valence-electron chi connectivity index (χ4n) is 1.78. The van der Waals surface area contributed by atoms with Crippen LogP contribution in [0.4, 0.5) is 0 Å². The van der Waals surface area contributed by atoms with E-state index in [0.717, 1.165) is 28.8 Å². The first kappa shape index (κ1) is 14.5. The number of para-hydroxylation sites is 1. The minimum Gasteiger partial charge on any atom is -0.383 e. The van der Waals surface area contributed by atoms with Crippen LogP contribution in [0.25, 0.3) is 5.69 Å². The van der Waals surface area contributed by atoms with Gasteiger partial charge in [-0.15, -0.1) is 0 Å². The molecule has 2 aromatic rings. The van der Waals surface area contributed by atoms with E-state index in [1.54, 1.807) is 18.0 Å². The normalized spacial score (nSPS) is 10.9. The lowest BCUT2D eigenvalue weighted by molar-refractivity contribution is 0.199. The quantitative estimate of drug-likeness (QED) is 0.819. The van der Waals surface area contributed by atoms with Crippen molar-refractivity contribution in [3.63, 3.8) is 0 Å². The molecule has 0 fully saturated rings. The van der Waals surface area contributed by atoms with Gasteiger partial charge in [0.25, 0.3) is 0 Å². The molecule has 1 heterocycles. The third-order valence-corrected chi connectivity index (χ3v) is 3.36. The predicted octanol–water partition coefficient (Wildman–Crippen LogP) is 3.02. The van der Waals surface area contributed by atoms with Crippen molar-refractivity contribution in [3.05, 3.63) is 45.7 Å². The molecule has 0 amide bonds. The summed E-state index contributed by atoms with van der Waals surface area (Å²) in [5.74, 6) is 0. The Morgan fingerprint density at radius 1 is 1.47 bits per heavy atom. The van der Waals surface area contributed by atoms with Gasteiger partial charge >= 0.3 is 0 Å². The molecule has 0 spiro atoms. The second-order valence-electron chi connectivity index (χ2n) is 4.02. The summed E-state index contributed by atoms with van der Waals surface area (Å²) in [5, 5.41) is 8.28. The van der Waals surface area contributed by atoms with Gasteiger partial charge in [0.05, 0.1) is 28.0 Å². The minimum atomic E-state index is 0.682. The second kappa shape index (κ2) is 7.05. The van der Waals surface area contributed by atoms with E-state index in [-0.39, 0.29) is 0 Å². The van der Waals surface area contributed by atoms with E-state index in [1.165, 1.54) is 0 Å². The van der Waals surface area contributed by atoms with Crippen molar-refractivity contribution in [2.75, 3.05) is 20.3 Å². The SMILES string of the molecule is COCCNCc1cccc(Cl)c1-n1cc(Br)cn1. The summed E-state index contributed by atoms with van der Waals surface area (Å²) in [6.45, 7) is 2.20. The van der Waals surface area contributed by atoms with Crippen LogP contribution in [-0.2, 0) is 11.3 Å². The maximum Gasteiger partial charge on any atom is 0.0877 e. The lowest BCUT2D eigenvalue weighted by Gasteiger charge is -2.12. The van der Waals surface area contributed by atoms with Crippen LogP contribution in [0.2, 0.25) is 5.02 Å². The Kier molecular flexibility index (Phi) is 5.39. The Balaban J connectivity index is 2.21. The van der Waals surface area contributed by atoms with Gasteiger partial charge in [-0.3, -0.25) is 0 Å². The highest BCUT2D eigenvalue weighted by Gasteiger charge is 2.10. The van der Waals surface area contributed by atoms with Crippen LogP contribution in [0.1, 0.15) is 5.56 Å². The van der Waals surface area contributed by atoms with E-state index in [0.29, 0.717) is 11.6 Å². The highest BCUT2D eigenvalue weighted by molar-refractivity contribution is 9.10. The van der Waals surface area contributed by atoms with E-state index in [9.17, 15) is 0 Å². The molecule has 0 saturated carbocycles. The van der Waals surface area contributed by atoms with Crippen molar-refractivity contribution in [1.29, 1.82) is 0 Å². The Hall–Kier alpha value is -0.880. The van der Waals surface area contributed by atoms with E-state index in [1.807, 2.05) is 24.4 Å². The number of rotatable bonds is 6. The number of nitrogens with zero attached hydrogens (tertiary/aromatic N) is 2. The molecule has 0 aliphatic heterocycles. The van der Waals surface area contributed by atoms with Gasteiger partial charge in [0, 0.05) is 26.4 Å². The zero-order chi connectivity index (χ0) is 13.7. The van der Waals surface area contributed by atoms with Crippen molar-refractivity contribution >= 4 is 27.5 Å². The van der Waals surface area contributed by atoms with E-state index >= 15 is 0 Å². The third kappa shape index (κ3) is 3.79. The zero-order valence-electron chi connectivity index (χ0n) is 10.6. The van der Waals surface area contributed by atoms with E-state index < -0.39 is 0 Å². The molecule has 0 bridgehead atoms. The first-order valence-electron chi connectivity index (χ1n) is 5.90. The van der Waals surface area contributed by atoms with Crippen molar-refractivity contribution in [3.8, 4) is 5.69 Å². The predicted molar refractivity (Wildman–Crippen MR) is 79.9 cm³/mol. The van der Waals surface area contributed by atoms with Gasteiger partial charge in [-0.05, 0) is 27.6 Å². The van der Waals surface area contributed by atoms with Gasteiger partial charge in [0.2, 0.25) is 0 Å². The number of methoxy groups -OCH3 is 1. The third-order valence-electron chi connectivity index (χ3n) is 2.65. The summed E-state index contributed by atoms with van der Waals surface area (Å²) in [6, 6.07) is 5.85. The molecule has 4 nitrogen and oxygen atoms in total. The van der Waals surface area contributed by atoms with Crippen molar-refractivity contribution in [2.45, 2.75) is 6.54 Å². The minimum absolute atomic E-state index is 0.682. The molecule has 1 aromatic carbocycles. The van der Waals surface area contributed by atoms with Gasteiger partial charge in [0.15, 0.2) is 0 Å². The average molecular weight is 345 g/mol. The summed E-state index contributed by atoms with van der Waals surface area (Å²) in [4.78, 5) is 0. The number of hydrogen-bond donors (Lipinski definition) is 1. The number of ether oxygens (including phenoxy) is 1. The topological polar surface area (TPSA) is 39.1 Å². The first-order valence-corrected chi connectivity index (χ1v) is 7.07. The largest absolute Gasteiger partial charge is 0.383 e. The van der Waals surface area contributed by atoms with Gasteiger partial charge in [-0.2, -0.15) is 5.10 Å². The summed E-state index contributed by atoms with van der Waals surface area (Å²) in [6.07, 6.45) is 3.63. The maximum absolute atomic E-state index is 6.28. The first-order chi connectivity index (χ1) is 9.22. The van der Waals surface area contributed by atoms with Crippen molar-refractivity contribution in [1.82, 2.24) is 15.1 Å². The lowest BCUT2D eigenvalue weighted by atomic mass is 10.1. The fraction of sp³-hybridized carbons (Fsp3) is 0.308. The summed E-state index contributed by atoms with van der Waals surface area (Å²) < 4.78 is 7.71. The molecule has 1 aromatic heterocycles. The van der Waals surface area contributed by atoms with Crippen molar-refractivity contribution < 1.29 is 4.74 Å². The molecule has 6 heteroatoms. The van der Waals surface area contributed by atoms with Gasteiger partial charge < -0.3 is 10.1 Å². The standard InChI is InChI=1S/C13H15BrClN3O/c1-19-6-5-16-7-10-3-2-4-12(15)13(10)18-9-11(14)8-17-18/h2-4,8-9,16H,5-7H2,1H3. The summed E-state index contributed by atoms with van der Waals surface area (Å²) in [7, 11) is 1.69. The average Bonchev–Trinajstić information content (AvgIpc) is 2.81.